The molecule has 5 heteroatoms. The van der Waals surface area contributed by atoms with Crippen LogP contribution in [0.3, 0.4) is 0 Å². The number of aryl methyl sites for hydroxylation is 1. The Morgan fingerprint density at radius 1 is 1.24 bits per heavy atom. The molecule has 1 heterocycles. The molecular weight excluding hydrogens is 216 g/mol. The van der Waals surface area contributed by atoms with Crippen molar-refractivity contribution in [2.45, 2.75) is 20.1 Å². The van der Waals surface area contributed by atoms with E-state index in [0.717, 1.165) is 17.2 Å². The van der Waals surface area contributed by atoms with Gasteiger partial charge in [0.15, 0.2) is 0 Å². The summed E-state index contributed by atoms with van der Waals surface area (Å²) in [6, 6.07) is 10.0. The van der Waals surface area contributed by atoms with E-state index in [4.69, 9.17) is 4.84 Å². The summed E-state index contributed by atoms with van der Waals surface area (Å²) in [4.78, 5) is 5.36. The minimum absolute atomic E-state index is 0.539. The van der Waals surface area contributed by atoms with Crippen LogP contribution in [0.25, 0.3) is 0 Å². The van der Waals surface area contributed by atoms with Gasteiger partial charge in [-0.1, -0.05) is 30.3 Å². The SMILES string of the molecule is Cc1nnc(CNOCc2ccccc2)n1C. The summed E-state index contributed by atoms with van der Waals surface area (Å²) in [5.41, 5.74) is 4.01. The molecule has 2 rings (SSSR count). The average Bonchev–Trinajstić information content (AvgIpc) is 2.67. The van der Waals surface area contributed by atoms with E-state index in [0.29, 0.717) is 13.2 Å². The van der Waals surface area contributed by atoms with Crippen molar-refractivity contribution in [2.24, 2.45) is 7.05 Å². The molecule has 0 aliphatic rings. The van der Waals surface area contributed by atoms with Crippen molar-refractivity contribution >= 4 is 0 Å². The van der Waals surface area contributed by atoms with Crippen LogP contribution in [0.2, 0.25) is 0 Å². The summed E-state index contributed by atoms with van der Waals surface area (Å²) in [6.45, 7) is 3.00. The number of hydrogen-bond acceptors (Lipinski definition) is 4. The topological polar surface area (TPSA) is 52.0 Å². The maximum Gasteiger partial charge on any atom is 0.149 e. The number of nitrogens with one attached hydrogen (secondary N) is 1. The Hall–Kier alpha value is -1.72. The van der Waals surface area contributed by atoms with Gasteiger partial charge in [-0.3, -0.25) is 4.84 Å². The molecule has 0 aliphatic carbocycles. The predicted octanol–water partition coefficient (Wildman–Crippen LogP) is 1.34. The third kappa shape index (κ3) is 3.12. The van der Waals surface area contributed by atoms with E-state index in [-0.39, 0.29) is 0 Å². The quantitative estimate of drug-likeness (QED) is 0.624. The fourth-order valence-corrected chi connectivity index (χ4v) is 1.43. The van der Waals surface area contributed by atoms with Gasteiger partial charge in [0, 0.05) is 7.05 Å². The summed E-state index contributed by atoms with van der Waals surface area (Å²) < 4.78 is 1.93. The highest BCUT2D eigenvalue weighted by Gasteiger charge is 2.03. The second kappa shape index (κ2) is 5.56. The zero-order valence-corrected chi connectivity index (χ0v) is 10.1. The Bertz CT molecular complexity index is 467. The van der Waals surface area contributed by atoms with Gasteiger partial charge in [0.25, 0.3) is 0 Å². The van der Waals surface area contributed by atoms with Gasteiger partial charge in [0.2, 0.25) is 0 Å². The van der Waals surface area contributed by atoms with Gasteiger partial charge >= 0.3 is 0 Å². The Balaban J connectivity index is 1.75. The molecule has 0 amide bonds. The molecule has 1 aromatic carbocycles. The highest BCUT2D eigenvalue weighted by Crippen LogP contribution is 2.00. The number of hydrogen-bond donors (Lipinski definition) is 1. The Kier molecular flexibility index (Phi) is 3.85. The summed E-state index contributed by atoms with van der Waals surface area (Å²) >= 11 is 0. The monoisotopic (exact) mass is 232 g/mol. The van der Waals surface area contributed by atoms with Gasteiger partial charge < -0.3 is 4.57 Å². The molecule has 0 fully saturated rings. The molecule has 5 nitrogen and oxygen atoms in total. The largest absolute Gasteiger partial charge is 0.317 e. The standard InChI is InChI=1S/C12H16N4O/c1-10-14-15-12(16(10)2)8-13-17-9-11-6-4-3-5-7-11/h3-7,13H,8-9H2,1-2H3. The molecule has 0 aliphatic heterocycles. The van der Waals surface area contributed by atoms with E-state index in [1.165, 1.54) is 0 Å². The van der Waals surface area contributed by atoms with Gasteiger partial charge in [0.1, 0.15) is 11.6 Å². The molecule has 90 valence electrons. The second-order valence-electron chi connectivity index (χ2n) is 3.82. The minimum atomic E-state index is 0.539. The van der Waals surface area contributed by atoms with Crippen molar-refractivity contribution in [1.82, 2.24) is 20.2 Å². The molecule has 1 aromatic heterocycles. The van der Waals surface area contributed by atoms with Crippen molar-refractivity contribution in [3.63, 3.8) is 0 Å². The lowest BCUT2D eigenvalue weighted by molar-refractivity contribution is 0.0217. The maximum absolute atomic E-state index is 5.36. The molecule has 2 aromatic rings. The van der Waals surface area contributed by atoms with Crippen LogP contribution in [0.15, 0.2) is 30.3 Å². The smallest absolute Gasteiger partial charge is 0.149 e. The lowest BCUT2D eigenvalue weighted by Gasteiger charge is -2.05. The van der Waals surface area contributed by atoms with E-state index in [1.54, 1.807) is 0 Å². The molecule has 0 bridgehead atoms. The van der Waals surface area contributed by atoms with Crippen LogP contribution in [0.4, 0.5) is 0 Å². The van der Waals surface area contributed by atoms with Crippen LogP contribution in [-0.2, 0) is 25.0 Å². The van der Waals surface area contributed by atoms with Crippen molar-refractivity contribution in [3.05, 3.63) is 47.5 Å². The van der Waals surface area contributed by atoms with Crippen LogP contribution in [-0.4, -0.2) is 14.8 Å². The first kappa shape index (κ1) is 11.8. The van der Waals surface area contributed by atoms with E-state index < -0.39 is 0 Å². The Morgan fingerprint density at radius 2 is 2.00 bits per heavy atom. The normalized spacial score (nSPS) is 10.7. The molecule has 0 atom stereocenters. The minimum Gasteiger partial charge on any atom is -0.317 e. The van der Waals surface area contributed by atoms with Crippen LogP contribution in [0.1, 0.15) is 17.2 Å². The van der Waals surface area contributed by atoms with Gasteiger partial charge in [-0.05, 0) is 12.5 Å². The zero-order valence-electron chi connectivity index (χ0n) is 10.1. The van der Waals surface area contributed by atoms with Gasteiger partial charge in [-0.25, -0.2) is 0 Å². The number of rotatable bonds is 5. The first-order chi connectivity index (χ1) is 8.27. The van der Waals surface area contributed by atoms with Crippen LogP contribution < -0.4 is 5.48 Å². The molecule has 1 N–H and O–H groups in total. The van der Waals surface area contributed by atoms with Gasteiger partial charge in [0.05, 0.1) is 13.2 Å². The van der Waals surface area contributed by atoms with Crippen LogP contribution in [0, 0.1) is 6.92 Å². The van der Waals surface area contributed by atoms with Crippen molar-refractivity contribution in [1.29, 1.82) is 0 Å². The molecule has 0 saturated carbocycles. The summed E-state index contributed by atoms with van der Waals surface area (Å²) in [5, 5.41) is 8.00. The summed E-state index contributed by atoms with van der Waals surface area (Å²) in [5.74, 6) is 1.75. The zero-order chi connectivity index (χ0) is 12.1. The average molecular weight is 232 g/mol. The number of nitrogens with zero attached hydrogens (tertiary/aromatic N) is 3. The first-order valence-electron chi connectivity index (χ1n) is 5.51. The van der Waals surface area contributed by atoms with E-state index in [2.05, 4.69) is 15.7 Å². The Labute approximate surface area is 100 Å². The molecular formula is C12H16N4O. The third-order valence-electron chi connectivity index (χ3n) is 2.60. The van der Waals surface area contributed by atoms with E-state index in [1.807, 2.05) is 48.9 Å². The highest BCUT2D eigenvalue weighted by atomic mass is 16.6. The molecule has 17 heavy (non-hydrogen) atoms. The van der Waals surface area contributed by atoms with Crippen molar-refractivity contribution in [2.75, 3.05) is 0 Å². The summed E-state index contributed by atoms with van der Waals surface area (Å²) in [7, 11) is 1.93. The predicted molar refractivity (Wildman–Crippen MR) is 63.8 cm³/mol. The Morgan fingerprint density at radius 3 is 2.65 bits per heavy atom. The number of aromatic nitrogens is 3. The fourth-order valence-electron chi connectivity index (χ4n) is 1.43. The van der Waals surface area contributed by atoms with E-state index >= 15 is 0 Å². The summed E-state index contributed by atoms with van der Waals surface area (Å²) in [6.07, 6.45) is 0. The first-order valence-corrected chi connectivity index (χ1v) is 5.51. The second-order valence-corrected chi connectivity index (χ2v) is 3.82. The van der Waals surface area contributed by atoms with Crippen LogP contribution in [0.5, 0.6) is 0 Å². The molecule has 0 saturated heterocycles. The van der Waals surface area contributed by atoms with Gasteiger partial charge in [-0.15, -0.1) is 10.2 Å². The fraction of sp³-hybridized carbons (Fsp3) is 0.333. The number of hydroxylamine groups is 1. The molecule has 0 unspecified atom stereocenters. The van der Waals surface area contributed by atoms with Gasteiger partial charge in [-0.2, -0.15) is 5.48 Å². The van der Waals surface area contributed by atoms with Crippen LogP contribution >= 0.6 is 0 Å². The lowest BCUT2D eigenvalue weighted by Crippen LogP contribution is -2.17. The maximum atomic E-state index is 5.36. The van der Waals surface area contributed by atoms with Crippen molar-refractivity contribution < 1.29 is 4.84 Å². The molecule has 0 spiro atoms. The molecule has 0 radical (unpaired) electrons. The highest BCUT2D eigenvalue weighted by molar-refractivity contribution is 5.13. The lowest BCUT2D eigenvalue weighted by atomic mass is 10.2. The van der Waals surface area contributed by atoms with Crippen molar-refractivity contribution in [3.8, 4) is 0 Å². The van der Waals surface area contributed by atoms with E-state index in [9.17, 15) is 0 Å². The third-order valence-corrected chi connectivity index (χ3v) is 2.60. The number of benzene rings is 1.